The SMILES string of the molecule is CCCCCCCCCCCS(=O)C(CCCCCCCC)C(C)OC(OCCC)([PH+]=O)C(=O)O. The molecule has 6 nitrogen and oxygen atoms in total. The first-order chi connectivity index (χ1) is 16.9. The first kappa shape index (κ1) is 34.6. The Morgan fingerprint density at radius 3 is 1.77 bits per heavy atom. The summed E-state index contributed by atoms with van der Waals surface area (Å²) in [4.78, 5) is 11.9. The molecule has 0 spiro atoms. The quantitative estimate of drug-likeness (QED) is 0.0683. The topological polar surface area (TPSA) is 89.9 Å². The maximum Gasteiger partial charge on any atom is 0.472 e. The van der Waals surface area contributed by atoms with Crippen LogP contribution in [0, 0.1) is 0 Å². The van der Waals surface area contributed by atoms with Gasteiger partial charge in [0.15, 0.2) is 0 Å². The van der Waals surface area contributed by atoms with E-state index in [1.807, 2.05) is 6.92 Å². The lowest BCUT2D eigenvalue weighted by molar-refractivity contribution is -0.217. The minimum atomic E-state index is -2.18. The molecule has 0 aliphatic rings. The molecule has 0 amide bonds. The summed E-state index contributed by atoms with van der Waals surface area (Å²) in [5.74, 6) is -0.797. The van der Waals surface area contributed by atoms with E-state index >= 15 is 0 Å². The van der Waals surface area contributed by atoms with Crippen molar-refractivity contribution in [2.75, 3.05) is 12.4 Å². The van der Waals surface area contributed by atoms with Crippen molar-refractivity contribution in [1.29, 1.82) is 0 Å². The number of hydrogen-bond acceptors (Lipinski definition) is 5. The largest absolute Gasteiger partial charge is 0.474 e. The predicted octanol–water partition coefficient (Wildman–Crippen LogP) is 7.98. The van der Waals surface area contributed by atoms with Crippen molar-refractivity contribution in [2.24, 2.45) is 0 Å². The highest BCUT2D eigenvalue weighted by molar-refractivity contribution is 7.85. The zero-order chi connectivity index (χ0) is 26.4. The zero-order valence-electron chi connectivity index (χ0n) is 23.0. The Bertz CT molecular complexity index is 562. The predicted molar refractivity (Wildman–Crippen MR) is 148 cm³/mol. The molecule has 0 heterocycles. The summed E-state index contributed by atoms with van der Waals surface area (Å²) in [5, 5.41) is 9.39. The third-order valence-electron chi connectivity index (χ3n) is 6.43. The standard InChI is InChI=1S/C27H53O6PS/c1-5-8-10-12-14-15-16-18-20-23-35(31)25(21-19-17-13-11-9-6-2)24(4)33-27(34-30,26(28)29)32-22-7-3/h24-25H,5-23H2,1-4H3,(H,28,29)/p+1. The van der Waals surface area contributed by atoms with Gasteiger partial charge in [-0.3, -0.25) is 8.95 Å². The summed E-state index contributed by atoms with van der Waals surface area (Å²) in [6.45, 7) is 8.16. The van der Waals surface area contributed by atoms with Crippen LogP contribution in [0.25, 0.3) is 0 Å². The number of carbonyl (C=O) groups is 1. The number of aliphatic carboxylic acids is 1. The van der Waals surface area contributed by atoms with Gasteiger partial charge in [-0.25, -0.2) is 4.79 Å². The van der Waals surface area contributed by atoms with Crippen molar-refractivity contribution in [2.45, 2.75) is 154 Å². The van der Waals surface area contributed by atoms with Crippen LogP contribution in [0.4, 0.5) is 0 Å². The minimum absolute atomic E-state index is 0.137. The molecule has 8 heteroatoms. The minimum Gasteiger partial charge on any atom is -0.474 e. The summed E-state index contributed by atoms with van der Waals surface area (Å²) < 4.78 is 36.4. The van der Waals surface area contributed by atoms with Gasteiger partial charge in [-0.05, 0) is 26.2 Å². The van der Waals surface area contributed by atoms with Crippen LogP contribution < -0.4 is 0 Å². The zero-order valence-corrected chi connectivity index (χ0v) is 24.8. The van der Waals surface area contributed by atoms with Crippen molar-refractivity contribution < 1.29 is 28.1 Å². The Kier molecular flexibility index (Phi) is 22.6. The lowest BCUT2D eigenvalue weighted by atomic mass is 10.1. The highest BCUT2D eigenvalue weighted by Gasteiger charge is 2.53. The highest BCUT2D eigenvalue weighted by atomic mass is 32.2. The number of carboxylic acid groups (broad SMARTS) is 1. The number of rotatable bonds is 26. The molecule has 0 saturated carbocycles. The summed E-state index contributed by atoms with van der Waals surface area (Å²) >= 11 is 0. The molecule has 0 aromatic carbocycles. The summed E-state index contributed by atoms with van der Waals surface area (Å²) in [6, 6.07) is 0. The van der Waals surface area contributed by atoms with Gasteiger partial charge >= 0.3 is 20.0 Å². The monoisotopic (exact) mass is 537 g/mol. The number of unbranched alkanes of at least 4 members (excludes halogenated alkanes) is 13. The Morgan fingerprint density at radius 1 is 0.829 bits per heavy atom. The molecular weight excluding hydrogens is 483 g/mol. The fourth-order valence-electron chi connectivity index (χ4n) is 4.24. The van der Waals surface area contributed by atoms with Crippen LogP contribution >= 0.6 is 8.46 Å². The molecule has 208 valence electrons. The van der Waals surface area contributed by atoms with Gasteiger partial charge in [0, 0.05) is 16.6 Å². The van der Waals surface area contributed by atoms with Crippen LogP contribution in [-0.4, -0.2) is 44.5 Å². The molecule has 0 aliphatic heterocycles. The third-order valence-corrected chi connectivity index (χ3v) is 9.16. The van der Waals surface area contributed by atoms with Gasteiger partial charge in [0.2, 0.25) is 0 Å². The molecular formula is C27H54O6PS+. The summed E-state index contributed by atoms with van der Waals surface area (Å²) in [6.07, 6.45) is 18.3. The normalized spacial score (nSPS) is 16.1. The van der Waals surface area contributed by atoms with E-state index in [0.717, 1.165) is 32.1 Å². The highest BCUT2D eigenvalue weighted by Crippen LogP contribution is 2.31. The Labute approximate surface area is 219 Å². The van der Waals surface area contributed by atoms with E-state index in [-0.39, 0.29) is 11.9 Å². The summed E-state index contributed by atoms with van der Waals surface area (Å²) in [5.41, 5.74) is -2.18. The van der Waals surface area contributed by atoms with Crippen LogP contribution in [0.15, 0.2) is 0 Å². The van der Waals surface area contributed by atoms with Gasteiger partial charge in [-0.2, -0.15) is 0 Å². The molecule has 35 heavy (non-hydrogen) atoms. The van der Waals surface area contributed by atoms with E-state index in [1.54, 1.807) is 6.92 Å². The van der Waals surface area contributed by atoms with Crippen molar-refractivity contribution in [3.63, 3.8) is 0 Å². The number of carboxylic acids is 1. The lowest BCUT2D eigenvalue weighted by Gasteiger charge is -2.27. The maximum absolute atomic E-state index is 13.3. The van der Waals surface area contributed by atoms with Gasteiger partial charge in [0.05, 0.1) is 18.0 Å². The molecule has 0 aromatic heterocycles. The Morgan fingerprint density at radius 2 is 1.31 bits per heavy atom. The van der Waals surface area contributed by atoms with Crippen LogP contribution in [0.5, 0.6) is 0 Å². The van der Waals surface area contributed by atoms with Crippen molar-refractivity contribution >= 4 is 25.2 Å². The van der Waals surface area contributed by atoms with Gasteiger partial charge in [0.25, 0.3) is 0 Å². The number of ether oxygens (including phenoxy) is 2. The van der Waals surface area contributed by atoms with Crippen LogP contribution in [0.3, 0.4) is 0 Å². The van der Waals surface area contributed by atoms with E-state index in [4.69, 9.17) is 9.47 Å². The van der Waals surface area contributed by atoms with Crippen LogP contribution in [0.1, 0.15) is 137 Å². The fraction of sp³-hybridized carbons (Fsp3) is 0.963. The smallest absolute Gasteiger partial charge is 0.472 e. The molecule has 0 bridgehead atoms. The fourth-order valence-corrected chi connectivity index (χ4v) is 6.43. The average Bonchev–Trinajstić information content (AvgIpc) is 2.84. The first-order valence-electron chi connectivity index (χ1n) is 14.2. The molecule has 1 N–H and O–H groups in total. The average molecular weight is 538 g/mol. The Balaban J connectivity index is 4.89. The molecule has 0 saturated heterocycles. The third kappa shape index (κ3) is 16.2. The Hall–Kier alpha value is -0.360. The molecule has 0 radical (unpaired) electrons. The molecule has 5 atom stereocenters. The van der Waals surface area contributed by atoms with Gasteiger partial charge in [-0.1, -0.05) is 115 Å². The molecule has 0 fully saturated rings. The van der Waals surface area contributed by atoms with Gasteiger partial charge < -0.3 is 9.84 Å². The van der Waals surface area contributed by atoms with E-state index in [1.165, 1.54) is 64.2 Å². The maximum atomic E-state index is 13.3. The van der Waals surface area contributed by atoms with Crippen molar-refractivity contribution in [1.82, 2.24) is 0 Å². The van der Waals surface area contributed by atoms with E-state index in [2.05, 4.69) is 13.8 Å². The van der Waals surface area contributed by atoms with E-state index < -0.39 is 36.9 Å². The second-order valence-electron chi connectivity index (χ2n) is 9.70. The van der Waals surface area contributed by atoms with Crippen molar-refractivity contribution in [3.05, 3.63) is 0 Å². The van der Waals surface area contributed by atoms with Crippen molar-refractivity contribution in [3.8, 4) is 0 Å². The molecule has 0 aromatic rings. The lowest BCUT2D eigenvalue weighted by Crippen LogP contribution is -2.45. The molecule has 0 rings (SSSR count). The second kappa shape index (κ2) is 22.8. The first-order valence-corrected chi connectivity index (χ1v) is 16.5. The van der Waals surface area contributed by atoms with Crippen LogP contribution in [0.2, 0.25) is 0 Å². The van der Waals surface area contributed by atoms with E-state index in [9.17, 15) is 18.7 Å². The second-order valence-corrected chi connectivity index (χ2v) is 12.3. The number of hydrogen-bond donors (Lipinski definition) is 1. The van der Waals surface area contributed by atoms with Gasteiger partial charge in [0.1, 0.15) is 0 Å². The van der Waals surface area contributed by atoms with E-state index in [0.29, 0.717) is 18.6 Å². The van der Waals surface area contributed by atoms with Crippen LogP contribution in [-0.2, 0) is 29.6 Å². The summed E-state index contributed by atoms with van der Waals surface area (Å²) in [7, 11) is -2.44. The van der Waals surface area contributed by atoms with Gasteiger partial charge in [-0.15, -0.1) is 0 Å². The molecule has 5 unspecified atom stereocenters. The molecule has 0 aliphatic carbocycles.